The van der Waals surface area contributed by atoms with E-state index in [2.05, 4.69) is 22.3 Å². The van der Waals surface area contributed by atoms with E-state index in [1.165, 1.54) is 31.5 Å². The van der Waals surface area contributed by atoms with Crippen molar-refractivity contribution in [1.82, 2.24) is 10.2 Å². The lowest BCUT2D eigenvalue weighted by Gasteiger charge is -2.33. The number of nitrogens with one attached hydrogen (secondary N) is 1. The molecule has 0 aromatic heterocycles. The number of methoxy groups -OCH3 is 1. The highest BCUT2D eigenvalue weighted by atomic mass is 35.5. The van der Waals surface area contributed by atoms with Gasteiger partial charge in [0.15, 0.2) is 0 Å². The summed E-state index contributed by atoms with van der Waals surface area (Å²) >= 11 is 6.10. The van der Waals surface area contributed by atoms with Gasteiger partial charge in [0.25, 0.3) is 0 Å². The summed E-state index contributed by atoms with van der Waals surface area (Å²) in [6.07, 6.45) is 3.69. The molecule has 118 valence electrons. The second-order valence-corrected chi connectivity index (χ2v) is 6.39. The molecular weight excluding hydrogens is 284 g/mol. The molecule has 1 aliphatic rings. The van der Waals surface area contributed by atoms with Crippen molar-refractivity contribution in [1.29, 1.82) is 0 Å². The number of hydrogen-bond donors (Lipinski definition) is 1. The summed E-state index contributed by atoms with van der Waals surface area (Å²) in [6, 6.07) is 8.53. The number of likely N-dealkylation sites (tertiary alicyclic amines) is 1. The van der Waals surface area contributed by atoms with E-state index >= 15 is 0 Å². The SMILES string of the molecule is CNC(CCN1CCCC(COC)C1)c1cccc(Cl)c1. The van der Waals surface area contributed by atoms with Crippen LogP contribution in [0.2, 0.25) is 5.02 Å². The van der Waals surface area contributed by atoms with Crippen molar-refractivity contribution in [2.75, 3.05) is 40.4 Å². The Hall–Kier alpha value is -0.610. The summed E-state index contributed by atoms with van der Waals surface area (Å²) in [4.78, 5) is 2.57. The van der Waals surface area contributed by atoms with E-state index in [4.69, 9.17) is 16.3 Å². The molecule has 1 fully saturated rings. The van der Waals surface area contributed by atoms with Gasteiger partial charge in [-0.05, 0) is 63.0 Å². The topological polar surface area (TPSA) is 24.5 Å². The number of halogens is 1. The molecule has 0 amide bonds. The van der Waals surface area contributed by atoms with Crippen molar-refractivity contribution < 1.29 is 4.74 Å². The van der Waals surface area contributed by atoms with Gasteiger partial charge in [-0.25, -0.2) is 0 Å². The molecule has 21 heavy (non-hydrogen) atoms. The molecule has 1 aromatic carbocycles. The third kappa shape index (κ3) is 5.26. The van der Waals surface area contributed by atoms with Crippen LogP contribution in [0.25, 0.3) is 0 Å². The zero-order chi connectivity index (χ0) is 15.1. The maximum atomic E-state index is 6.10. The molecule has 1 heterocycles. The van der Waals surface area contributed by atoms with Gasteiger partial charge in [0.1, 0.15) is 0 Å². The van der Waals surface area contributed by atoms with Crippen LogP contribution >= 0.6 is 11.6 Å². The zero-order valence-electron chi connectivity index (χ0n) is 13.1. The summed E-state index contributed by atoms with van der Waals surface area (Å²) in [5.74, 6) is 0.697. The fourth-order valence-electron chi connectivity index (χ4n) is 3.24. The van der Waals surface area contributed by atoms with Crippen molar-refractivity contribution in [2.45, 2.75) is 25.3 Å². The van der Waals surface area contributed by atoms with Gasteiger partial charge in [-0.3, -0.25) is 0 Å². The quantitative estimate of drug-likeness (QED) is 0.836. The summed E-state index contributed by atoms with van der Waals surface area (Å²) in [7, 11) is 3.82. The van der Waals surface area contributed by atoms with E-state index in [1.807, 2.05) is 19.2 Å². The molecule has 2 atom stereocenters. The van der Waals surface area contributed by atoms with Crippen molar-refractivity contribution in [3.8, 4) is 0 Å². The Balaban J connectivity index is 1.85. The van der Waals surface area contributed by atoms with Crippen molar-refractivity contribution in [3.05, 3.63) is 34.9 Å². The Labute approximate surface area is 133 Å². The lowest BCUT2D eigenvalue weighted by molar-refractivity contribution is 0.0887. The average molecular weight is 311 g/mol. The lowest BCUT2D eigenvalue weighted by Crippen LogP contribution is -2.38. The number of hydrogen-bond acceptors (Lipinski definition) is 3. The summed E-state index contributed by atoms with van der Waals surface area (Å²) in [5.41, 5.74) is 1.27. The molecule has 0 bridgehead atoms. The molecule has 1 saturated heterocycles. The molecule has 0 spiro atoms. The standard InChI is InChI=1S/C17H27ClN2O/c1-19-17(15-6-3-7-16(18)11-15)8-10-20-9-4-5-14(12-20)13-21-2/h3,6-7,11,14,17,19H,4-5,8-10,12-13H2,1-2H3. The van der Waals surface area contributed by atoms with Crippen LogP contribution < -0.4 is 5.32 Å². The first kappa shape index (κ1) is 16.8. The minimum atomic E-state index is 0.367. The van der Waals surface area contributed by atoms with Gasteiger partial charge in [0, 0.05) is 24.7 Å². The number of nitrogens with zero attached hydrogens (tertiary/aromatic N) is 1. The Morgan fingerprint density at radius 3 is 3.05 bits per heavy atom. The van der Waals surface area contributed by atoms with Gasteiger partial charge in [0.2, 0.25) is 0 Å². The van der Waals surface area contributed by atoms with Gasteiger partial charge in [0.05, 0.1) is 6.61 Å². The van der Waals surface area contributed by atoms with E-state index < -0.39 is 0 Å². The fraction of sp³-hybridized carbons (Fsp3) is 0.647. The number of benzene rings is 1. The largest absolute Gasteiger partial charge is 0.384 e. The highest BCUT2D eigenvalue weighted by Gasteiger charge is 2.20. The smallest absolute Gasteiger partial charge is 0.0502 e. The van der Waals surface area contributed by atoms with Crippen LogP contribution in [0.3, 0.4) is 0 Å². The second kappa shape index (κ2) is 8.74. The predicted octanol–water partition coefficient (Wildman–Crippen LogP) is 3.35. The molecule has 3 nitrogen and oxygen atoms in total. The Morgan fingerprint density at radius 2 is 2.33 bits per heavy atom. The first-order valence-electron chi connectivity index (χ1n) is 7.87. The fourth-order valence-corrected chi connectivity index (χ4v) is 3.44. The van der Waals surface area contributed by atoms with Crippen molar-refractivity contribution >= 4 is 11.6 Å². The second-order valence-electron chi connectivity index (χ2n) is 5.95. The van der Waals surface area contributed by atoms with Gasteiger partial charge in [-0.1, -0.05) is 23.7 Å². The molecule has 0 saturated carbocycles. The van der Waals surface area contributed by atoms with E-state index in [0.717, 1.165) is 24.6 Å². The molecular formula is C17H27ClN2O. The minimum Gasteiger partial charge on any atom is -0.384 e. The molecule has 1 aromatic rings. The van der Waals surface area contributed by atoms with Crippen molar-refractivity contribution in [2.24, 2.45) is 5.92 Å². The molecule has 0 radical (unpaired) electrons. The first-order valence-corrected chi connectivity index (χ1v) is 8.24. The molecule has 4 heteroatoms. The molecule has 1 aliphatic heterocycles. The van der Waals surface area contributed by atoms with Gasteiger partial charge >= 0.3 is 0 Å². The Morgan fingerprint density at radius 1 is 1.48 bits per heavy atom. The van der Waals surface area contributed by atoms with E-state index in [9.17, 15) is 0 Å². The van der Waals surface area contributed by atoms with Crippen molar-refractivity contribution in [3.63, 3.8) is 0 Å². The summed E-state index contributed by atoms with van der Waals surface area (Å²) in [6.45, 7) is 4.39. The van der Waals surface area contributed by atoms with Crippen LogP contribution in [0, 0.1) is 5.92 Å². The summed E-state index contributed by atoms with van der Waals surface area (Å²) < 4.78 is 5.31. The Bertz CT molecular complexity index is 425. The van der Waals surface area contributed by atoms with Gasteiger partial charge < -0.3 is 15.0 Å². The minimum absolute atomic E-state index is 0.367. The summed E-state index contributed by atoms with van der Waals surface area (Å²) in [5, 5.41) is 4.22. The highest BCUT2D eigenvalue weighted by molar-refractivity contribution is 6.30. The predicted molar refractivity (Wildman–Crippen MR) is 88.9 cm³/mol. The van der Waals surface area contributed by atoms with Crippen LogP contribution in [-0.4, -0.2) is 45.3 Å². The van der Waals surface area contributed by atoms with Crippen LogP contribution in [0.15, 0.2) is 24.3 Å². The monoisotopic (exact) mass is 310 g/mol. The van der Waals surface area contributed by atoms with Crippen LogP contribution in [-0.2, 0) is 4.74 Å². The zero-order valence-corrected chi connectivity index (χ0v) is 13.9. The molecule has 2 unspecified atom stereocenters. The van der Waals surface area contributed by atoms with Gasteiger partial charge in [-0.15, -0.1) is 0 Å². The maximum absolute atomic E-state index is 6.10. The van der Waals surface area contributed by atoms with Gasteiger partial charge in [-0.2, -0.15) is 0 Å². The first-order chi connectivity index (χ1) is 10.2. The van der Waals surface area contributed by atoms with E-state index in [0.29, 0.717) is 12.0 Å². The maximum Gasteiger partial charge on any atom is 0.0502 e. The number of ether oxygens (including phenoxy) is 1. The highest BCUT2D eigenvalue weighted by Crippen LogP contribution is 2.22. The number of piperidine rings is 1. The Kier molecular flexibility index (Phi) is 6.97. The third-order valence-electron chi connectivity index (χ3n) is 4.34. The number of rotatable bonds is 7. The lowest BCUT2D eigenvalue weighted by atomic mass is 9.97. The molecule has 1 N–H and O–H groups in total. The van der Waals surface area contributed by atoms with Crippen LogP contribution in [0.4, 0.5) is 0 Å². The third-order valence-corrected chi connectivity index (χ3v) is 4.57. The molecule has 0 aliphatic carbocycles. The van der Waals surface area contributed by atoms with E-state index in [-0.39, 0.29) is 0 Å². The normalized spacial score (nSPS) is 21.4. The van der Waals surface area contributed by atoms with Crippen LogP contribution in [0.1, 0.15) is 30.9 Å². The van der Waals surface area contributed by atoms with E-state index in [1.54, 1.807) is 7.11 Å². The average Bonchev–Trinajstić information content (AvgIpc) is 2.49. The molecule has 2 rings (SSSR count). The van der Waals surface area contributed by atoms with Crippen LogP contribution in [0.5, 0.6) is 0 Å².